The van der Waals surface area contributed by atoms with Crippen LogP contribution in [-0.2, 0) is 0 Å². The van der Waals surface area contributed by atoms with Gasteiger partial charge in [-0.15, -0.1) is 0 Å². The predicted molar refractivity (Wildman–Crippen MR) is 48.2 cm³/mol. The van der Waals surface area contributed by atoms with Gasteiger partial charge in [-0.3, -0.25) is 0 Å². The van der Waals surface area contributed by atoms with E-state index in [1.54, 1.807) is 0 Å². The summed E-state index contributed by atoms with van der Waals surface area (Å²) in [7, 11) is 0. The fourth-order valence-corrected chi connectivity index (χ4v) is 1.35. The van der Waals surface area contributed by atoms with Crippen LogP contribution in [0.1, 0.15) is 18.9 Å². The number of hydrogen-bond acceptors (Lipinski definition) is 3. The summed E-state index contributed by atoms with van der Waals surface area (Å²) in [6, 6.07) is 0.618. The van der Waals surface area contributed by atoms with Gasteiger partial charge in [0.25, 0.3) is 0 Å². The summed E-state index contributed by atoms with van der Waals surface area (Å²) in [6.45, 7) is 5.31. The predicted octanol–water partition coefficient (Wildman–Crippen LogP) is 1.38. The Bertz CT molecular complexity index is 268. The number of rotatable bonds is 1. The van der Waals surface area contributed by atoms with E-state index in [0.29, 0.717) is 6.04 Å². The van der Waals surface area contributed by atoms with E-state index in [0.717, 1.165) is 18.1 Å². The van der Waals surface area contributed by atoms with Gasteiger partial charge in [-0.25, -0.2) is 9.97 Å². The zero-order valence-corrected chi connectivity index (χ0v) is 7.49. The van der Waals surface area contributed by atoms with Crippen molar-refractivity contribution in [2.24, 2.45) is 0 Å². The van der Waals surface area contributed by atoms with Gasteiger partial charge in [0.05, 0.1) is 0 Å². The number of aromatic nitrogens is 2. The highest BCUT2D eigenvalue weighted by atomic mass is 15.3. The second-order valence-corrected chi connectivity index (χ2v) is 3.39. The Morgan fingerprint density at radius 1 is 1.42 bits per heavy atom. The van der Waals surface area contributed by atoms with E-state index in [1.807, 2.05) is 19.3 Å². The molecule has 0 N–H and O–H groups in total. The van der Waals surface area contributed by atoms with E-state index in [4.69, 9.17) is 0 Å². The Morgan fingerprint density at radius 3 is 2.50 bits per heavy atom. The molecule has 0 saturated carbocycles. The first-order chi connectivity index (χ1) is 5.77. The molecule has 1 aromatic heterocycles. The molecule has 64 valence electrons. The van der Waals surface area contributed by atoms with Gasteiger partial charge >= 0.3 is 0 Å². The first kappa shape index (κ1) is 7.53. The molecule has 1 unspecified atom stereocenters. The highest BCUT2D eigenvalue weighted by Gasteiger charge is 2.25. The quantitative estimate of drug-likeness (QED) is 0.626. The molecule has 1 fully saturated rings. The molecule has 1 atom stereocenters. The van der Waals surface area contributed by atoms with Gasteiger partial charge in [0.1, 0.15) is 0 Å². The van der Waals surface area contributed by atoms with Gasteiger partial charge in [0.2, 0.25) is 5.95 Å². The van der Waals surface area contributed by atoms with Crippen LogP contribution in [0.3, 0.4) is 0 Å². The van der Waals surface area contributed by atoms with Gasteiger partial charge in [-0.2, -0.15) is 0 Å². The molecule has 3 nitrogen and oxygen atoms in total. The van der Waals surface area contributed by atoms with Crippen molar-refractivity contribution in [3.8, 4) is 0 Å². The maximum atomic E-state index is 4.27. The van der Waals surface area contributed by atoms with Crippen LogP contribution in [0.5, 0.6) is 0 Å². The Kier molecular flexibility index (Phi) is 1.71. The summed E-state index contributed by atoms with van der Waals surface area (Å²) in [4.78, 5) is 10.8. The smallest absolute Gasteiger partial charge is 0.225 e. The number of hydrogen-bond donors (Lipinski definition) is 0. The Labute approximate surface area is 72.4 Å². The summed E-state index contributed by atoms with van der Waals surface area (Å²) in [5, 5.41) is 0. The van der Waals surface area contributed by atoms with E-state index < -0.39 is 0 Å². The van der Waals surface area contributed by atoms with E-state index >= 15 is 0 Å². The van der Waals surface area contributed by atoms with Crippen LogP contribution in [0.15, 0.2) is 12.4 Å². The van der Waals surface area contributed by atoms with Crippen LogP contribution in [0.2, 0.25) is 0 Å². The van der Waals surface area contributed by atoms with Crippen molar-refractivity contribution in [2.75, 3.05) is 11.4 Å². The van der Waals surface area contributed by atoms with Crippen LogP contribution in [0.25, 0.3) is 0 Å². The van der Waals surface area contributed by atoms with Gasteiger partial charge in [0.15, 0.2) is 0 Å². The molecule has 0 aliphatic carbocycles. The number of aryl methyl sites for hydroxylation is 1. The van der Waals surface area contributed by atoms with Crippen molar-refractivity contribution in [3.63, 3.8) is 0 Å². The third kappa shape index (κ3) is 1.15. The zero-order valence-electron chi connectivity index (χ0n) is 7.49. The summed E-state index contributed by atoms with van der Waals surface area (Å²) in [5.41, 5.74) is 1.12. The molecule has 1 saturated heterocycles. The lowest BCUT2D eigenvalue weighted by molar-refractivity contribution is 0.470. The standard InChI is InChI=1S/C9H13N3/c1-7-5-10-9(11-6-7)12-4-3-8(12)2/h5-6,8H,3-4H2,1-2H3. The fourth-order valence-electron chi connectivity index (χ4n) is 1.35. The van der Waals surface area contributed by atoms with Gasteiger partial charge < -0.3 is 4.90 Å². The largest absolute Gasteiger partial charge is 0.338 e. The SMILES string of the molecule is Cc1cnc(N2CCC2C)nc1. The van der Waals surface area contributed by atoms with Gasteiger partial charge in [-0.05, 0) is 25.8 Å². The van der Waals surface area contributed by atoms with Crippen LogP contribution in [0.4, 0.5) is 5.95 Å². The van der Waals surface area contributed by atoms with Gasteiger partial charge in [0, 0.05) is 25.0 Å². The van der Waals surface area contributed by atoms with E-state index in [1.165, 1.54) is 6.42 Å². The number of anilines is 1. The van der Waals surface area contributed by atoms with E-state index in [9.17, 15) is 0 Å². The molecule has 0 spiro atoms. The van der Waals surface area contributed by atoms with Crippen molar-refractivity contribution < 1.29 is 0 Å². The monoisotopic (exact) mass is 163 g/mol. The molecule has 1 aliphatic heterocycles. The second-order valence-electron chi connectivity index (χ2n) is 3.39. The topological polar surface area (TPSA) is 29.0 Å². The average molecular weight is 163 g/mol. The summed E-state index contributed by atoms with van der Waals surface area (Å²) in [6.07, 6.45) is 5.00. The molecule has 0 bridgehead atoms. The molecular formula is C9H13N3. The van der Waals surface area contributed by atoms with Crippen LogP contribution in [0, 0.1) is 6.92 Å². The van der Waals surface area contributed by atoms with Crippen molar-refractivity contribution in [2.45, 2.75) is 26.3 Å². The molecule has 0 radical (unpaired) electrons. The van der Waals surface area contributed by atoms with Crippen molar-refractivity contribution >= 4 is 5.95 Å². The van der Waals surface area contributed by atoms with E-state index in [-0.39, 0.29) is 0 Å². The minimum atomic E-state index is 0.618. The Morgan fingerprint density at radius 2 is 2.08 bits per heavy atom. The molecule has 0 amide bonds. The lowest BCUT2D eigenvalue weighted by atomic mass is 10.1. The lowest BCUT2D eigenvalue weighted by Gasteiger charge is -2.38. The van der Waals surface area contributed by atoms with Crippen LogP contribution < -0.4 is 4.90 Å². The summed E-state index contributed by atoms with van der Waals surface area (Å²) in [5.74, 6) is 0.874. The fraction of sp³-hybridized carbons (Fsp3) is 0.556. The van der Waals surface area contributed by atoms with Crippen LogP contribution in [-0.4, -0.2) is 22.6 Å². The summed E-state index contributed by atoms with van der Waals surface area (Å²) < 4.78 is 0. The third-order valence-corrected chi connectivity index (χ3v) is 2.34. The maximum absolute atomic E-state index is 4.27. The first-order valence-corrected chi connectivity index (χ1v) is 4.32. The molecule has 2 rings (SSSR count). The van der Waals surface area contributed by atoms with Crippen molar-refractivity contribution in [3.05, 3.63) is 18.0 Å². The van der Waals surface area contributed by atoms with Crippen molar-refractivity contribution in [1.29, 1.82) is 0 Å². The highest BCUT2D eigenvalue weighted by molar-refractivity contribution is 5.34. The van der Waals surface area contributed by atoms with Crippen LogP contribution >= 0.6 is 0 Å². The van der Waals surface area contributed by atoms with Crippen molar-refractivity contribution in [1.82, 2.24) is 9.97 Å². The molecule has 3 heteroatoms. The third-order valence-electron chi connectivity index (χ3n) is 2.34. The normalized spacial score (nSPS) is 22.2. The molecule has 2 heterocycles. The second kappa shape index (κ2) is 2.73. The maximum Gasteiger partial charge on any atom is 0.225 e. The molecule has 1 aliphatic rings. The average Bonchev–Trinajstić information content (AvgIpc) is 2.06. The zero-order chi connectivity index (χ0) is 8.55. The first-order valence-electron chi connectivity index (χ1n) is 4.32. The minimum absolute atomic E-state index is 0.618. The molecule has 0 aromatic carbocycles. The highest BCUT2D eigenvalue weighted by Crippen LogP contribution is 2.21. The lowest BCUT2D eigenvalue weighted by Crippen LogP contribution is -2.46. The molecule has 12 heavy (non-hydrogen) atoms. The number of nitrogens with zero attached hydrogens (tertiary/aromatic N) is 3. The van der Waals surface area contributed by atoms with Gasteiger partial charge in [-0.1, -0.05) is 0 Å². The van der Waals surface area contributed by atoms with E-state index in [2.05, 4.69) is 21.8 Å². The summed E-state index contributed by atoms with van der Waals surface area (Å²) >= 11 is 0. The molecule has 1 aromatic rings. The Hall–Kier alpha value is -1.12. The minimum Gasteiger partial charge on any atom is -0.338 e. The molecular weight excluding hydrogens is 150 g/mol. The Balaban J connectivity index is 2.18.